The van der Waals surface area contributed by atoms with Gasteiger partial charge in [0, 0.05) is 18.3 Å². The Morgan fingerprint density at radius 3 is 2.44 bits per heavy atom. The highest BCUT2D eigenvalue weighted by molar-refractivity contribution is 5.82. The summed E-state index contributed by atoms with van der Waals surface area (Å²) in [5, 5.41) is 16.2. The molecule has 2 rings (SSSR count). The monoisotopic (exact) mass is 372 g/mol. The Hall–Kier alpha value is -2.11. The summed E-state index contributed by atoms with van der Waals surface area (Å²) in [7, 11) is 0. The van der Waals surface area contributed by atoms with Crippen LogP contribution in [0, 0.1) is 12.8 Å². The van der Waals surface area contributed by atoms with Crippen molar-refractivity contribution in [1.82, 2.24) is 14.8 Å². The number of alkyl halides is 6. The van der Waals surface area contributed by atoms with Crippen LogP contribution in [0.15, 0.2) is 11.2 Å². The molecule has 1 amide bonds. The Bertz CT molecular complexity index is 696. The summed E-state index contributed by atoms with van der Waals surface area (Å²) >= 11 is 0. The molecule has 1 N–H and O–H groups in total. The molecular weight excluding hydrogens is 358 g/mol. The Labute approximate surface area is 137 Å². The van der Waals surface area contributed by atoms with Crippen LogP contribution in [0.1, 0.15) is 24.7 Å². The number of aromatic nitrogens is 2. The number of carbonyl (C=O) groups excluding carboxylic acids is 1. The third kappa shape index (κ3) is 3.48. The number of nitrogens with zero attached hydrogens (tertiary/aromatic N) is 4. The van der Waals surface area contributed by atoms with Crippen molar-refractivity contribution in [2.75, 3.05) is 0 Å². The van der Waals surface area contributed by atoms with Gasteiger partial charge in [-0.2, -0.15) is 41.6 Å². The Morgan fingerprint density at radius 1 is 1.36 bits per heavy atom. The van der Waals surface area contributed by atoms with E-state index in [4.69, 9.17) is 0 Å². The number of aliphatic hydroxyl groups is 1. The topological polar surface area (TPSA) is 70.7 Å². The van der Waals surface area contributed by atoms with E-state index in [1.54, 1.807) is 0 Å². The molecule has 0 unspecified atom stereocenters. The largest absolute Gasteiger partial charge is 0.438 e. The number of hydrazone groups is 1. The van der Waals surface area contributed by atoms with Gasteiger partial charge in [-0.05, 0) is 13.0 Å². The fourth-order valence-corrected chi connectivity index (χ4v) is 2.29. The van der Waals surface area contributed by atoms with E-state index in [2.05, 4.69) is 10.2 Å². The molecule has 1 aromatic heterocycles. The van der Waals surface area contributed by atoms with Crippen LogP contribution in [0.3, 0.4) is 0 Å². The molecule has 1 aliphatic rings. The van der Waals surface area contributed by atoms with Crippen LogP contribution in [-0.4, -0.2) is 43.9 Å². The first kappa shape index (κ1) is 19.2. The zero-order chi connectivity index (χ0) is 19.2. The zero-order valence-electron chi connectivity index (χ0n) is 13.1. The standard InChI is InChI=1S/C13H14F6N4O2/c1-7(6-22-8(2)5-9(21-22)12(14,15)16)10(24)23-11(25,3-4-20-23)13(17,18)19/h4-5,7,25H,3,6H2,1-2H3/t7-,11-/m1/s1. The highest BCUT2D eigenvalue weighted by Crippen LogP contribution is 2.39. The highest BCUT2D eigenvalue weighted by atomic mass is 19.4. The summed E-state index contributed by atoms with van der Waals surface area (Å²) in [6, 6.07) is 0.761. The van der Waals surface area contributed by atoms with Gasteiger partial charge in [0.15, 0.2) is 5.69 Å². The van der Waals surface area contributed by atoms with Crippen LogP contribution in [-0.2, 0) is 17.5 Å². The number of amides is 1. The van der Waals surface area contributed by atoms with Gasteiger partial charge in [0.1, 0.15) is 0 Å². The van der Waals surface area contributed by atoms with Gasteiger partial charge in [0.25, 0.3) is 5.72 Å². The number of carbonyl (C=O) groups is 1. The van der Waals surface area contributed by atoms with Crippen LogP contribution in [0.4, 0.5) is 26.3 Å². The maximum absolute atomic E-state index is 13.0. The lowest BCUT2D eigenvalue weighted by Crippen LogP contribution is -2.57. The second kappa shape index (κ2) is 6.00. The molecule has 2 atom stereocenters. The lowest BCUT2D eigenvalue weighted by Gasteiger charge is -2.33. The molecule has 0 aromatic carbocycles. The molecule has 1 aliphatic heterocycles. The Morgan fingerprint density at radius 2 is 1.96 bits per heavy atom. The van der Waals surface area contributed by atoms with Gasteiger partial charge < -0.3 is 5.11 Å². The van der Waals surface area contributed by atoms with Gasteiger partial charge >= 0.3 is 12.4 Å². The SMILES string of the molecule is Cc1cc(C(F)(F)F)nn1C[C@@H](C)C(=O)N1N=CC[C@@]1(O)C(F)(F)F. The number of aryl methyl sites for hydroxylation is 1. The van der Waals surface area contributed by atoms with Gasteiger partial charge in [0.05, 0.1) is 12.5 Å². The average molecular weight is 372 g/mol. The molecule has 2 heterocycles. The second-order valence-electron chi connectivity index (χ2n) is 5.72. The van der Waals surface area contributed by atoms with E-state index < -0.39 is 48.6 Å². The van der Waals surface area contributed by atoms with Crippen LogP contribution >= 0.6 is 0 Å². The minimum Gasteiger partial charge on any atom is -0.362 e. The average Bonchev–Trinajstić information content (AvgIpc) is 3.02. The van der Waals surface area contributed by atoms with Crippen molar-refractivity contribution >= 4 is 12.1 Å². The van der Waals surface area contributed by atoms with E-state index in [1.165, 1.54) is 13.8 Å². The summed E-state index contributed by atoms with van der Waals surface area (Å²) in [6.45, 7) is 2.13. The summed E-state index contributed by atoms with van der Waals surface area (Å²) in [4.78, 5) is 12.2. The first-order chi connectivity index (χ1) is 11.3. The van der Waals surface area contributed by atoms with Crippen molar-refractivity contribution in [3.63, 3.8) is 0 Å². The molecule has 6 nitrogen and oxygen atoms in total. The summed E-state index contributed by atoms with van der Waals surface area (Å²) in [5.74, 6) is -2.39. The van der Waals surface area contributed by atoms with Crippen LogP contribution in [0.2, 0.25) is 0 Å². The van der Waals surface area contributed by atoms with Gasteiger partial charge in [0.2, 0.25) is 5.91 Å². The normalized spacial score (nSPS) is 22.5. The van der Waals surface area contributed by atoms with E-state index in [0.29, 0.717) is 0 Å². The van der Waals surface area contributed by atoms with E-state index in [1.807, 2.05) is 0 Å². The molecule has 0 radical (unpaired) electrons. The molecule has 1 aromatic rings. The minimum atomic E-state index is -5.13. The molecule has 0 saturated heterocycles. The number of hydrogen-bond acceptors (Lipinski definition) is 4. The first-order valence-electron chi connectivity index (χ1n) is 7.04. The lowest BCUT2D eigenvalue weighted by molar-refractivity contribution is -0.303. The molecular formula is C13H14F6N4O2. The van der Waals surface area contributed by atoms with Crippen molar-refractivity contribution in [1.29, 1.82) is 0 Å². The summed E-state index contributed by atoms with van der Waals surface area (Å²) in [6.07, 6.45) is -9.99. The first-order valence-corrected chi connectivity index (χ1v) is 7.04. The van der Waals surface area contributed by atoms with Crippen LogP contribution in [0.25, 0.3) is 0 Å². The second-order valence-corrected chi connectivity index (χ2v) is 5.72. The van der Waals surface area contributed by atoms with Crippen LogP contribution in [0.5, 0.6) is 0 Å². The number of hydrogen-bond donors (Lipinski definition) is 1. The molecule has 0 aliphatic carbocycles. The number of rotatable bonds is 3. The minimum absolute atomic E-state index is 0.0822. The Balaban J connectivity index is 2.19. The fraction of sp³-hybridized carbons (Fsp3) is 0.615. The molecule has 0 saturated carbocycles. The predicted octanol–water partition coefficient (Wildman–Crippen LogP) is 2.32. The van der Waals surface area contributed by atoms with Gasteiger partial charge in [-0.25, -0.2) is 0 Å². The highest BCUT2D eigenvalue weighted by Gasteiger charge is 2.61. The number of halogens is 6. The molecule has 0 spiro atoms. The zero-order valence-corrected chi connectivity index (χ0v) is 13.1. The van der Waals surface area contributed by atoms with Crippen molar-refractivity contribution < 1.29 is 36.2 Å². The quantitative estimate of drug-likeness (QED) is 0.828. The third-order valence-electron chi connectivity index (χ3n) is 3.73. The Kier molecular flexibility index (Phi) is 4.61. The molecule has 12 heteroatoms. The van der Waals surface area contributed by atoms with Gasteiger partial charge in [-0.3, -0.25) is 9.48 Å². The summed E-state index contributed by atoms with van der Waals surface area (Å²) in [5.41, 5.74) is -4.55. The maximum Gasteiger partial charge on any atom is 0.438 e. The van der Waals surface area contributed by atoms with Crippen molar-refractivity contribution in [3.05, 3.63) is 17.5 Å². The summed E-state index contributed by atoms with van der Waals surface area (Å²) < 4.78 is 77.7. The smallest absolute Gasteiger partial charge is 0.362 e. The molecule has 0 bridgehead atoms. The van der Waals surface area contributed by atoms with E-state index >= 15 is 0 Å². The van der Waals surface area contributed by atoms with Crippen molar-refractivity contribution in [2.45, 2.75) is 44.9 Å². The van der Waals surface area contributed by atoms with Crippen molar-refractivity contribution in [3.8, 4) is 0 Å². The maximum atomic E-state index is 13.0. The third-order valence-corrected chi connectivity index (χ3v) is 3.73. The van der Waals surface area contributed by atoms with Crippen LogP contribution < -0.4 is 0 Å². The van der Waals surface area contributed by atoms with Gasteiger partial charge in [-0.15, -0.1) is 0 Å². The fourth-order valence-electron chi connectivity index (χ4n) is 2.29. The van der Waals surface area contributed by atoms with Crippen molar-refractivity contribution in [2.24, 2.45) is 11.0 Å². The van der Waals surface area contributed by atoms with E-state index in [9.17, 15) is 36.2 Å². The van der Waals surface area contributed by atoms with E-state index in [-0.39, 0.29) is 10.7 Å². The molecule has 25 heavy (non-hydrogen) atoms. The van der Waals surface area contributed by atoms with Gasteiger partial charge in [-0.1, -0.05) is 6.92 Å². The predicted molar refractivity (Wildman–Crippen MR) is 72.1 cm³/mol. The molecule has 0 fully saturated rings. The molecule has 140 valence electrons. The van der Waals surface area contributed by atoms with E-state index in [0.717, 1.165) is 17.0 Å². The lowest BCUT2D eigenvalue weighted by atomic mass is 10.1.